The maximum Gasteiger partial charge on any atom is 0.326 e. The van der Waals surface area contributed by atoms with Crippen LogP contribution in [-0.4, -0.2) is 9.97 Å². The van der Waals surface area contributed by atoms with Gasteiger partial charge in [0.25, 0.3) is 5.56 Å². The van der Waals surface area contributed by atoms with Crippen LogP contribution in [0.4, 0.5) is 0 Å². The highest BCUT2D eigenvalue weighted by Gasteiger charge is 2.06. The monoisotopic (exact) mass is 232 g/mol. The fraction of sp³-hybridized carbons (Fsp3) is 0.167. The van der Waals surface area contributed by atoms with Gasteiger partial charge in [-0.3, -0.25) is 9.78 Å². The molecule has 0 spiro atoms. The van der Waals surface area contributed by atoms with Crippen molar-refractivity contribution in [3.63, 3.8) is 0 Å². The van der Waals surface area contributed by atoms with E-state index in [0.717, 1.165) is 5.56 Å². The highest BCUT2D eigenvalue weighted by atomic mass is 16.5. The minimum atomic E-state index is -0.528. The molecule has 0 amide bonds. The Kier molecular flexibility index (Phi) is 3.09. The molecule has 2 aromatic rings. The third-order valence-electron chi connectivity index (χ3n) is 2.30. The van der Waals surface area contributed by atoms with Gasteiger partial charge in [-0.2, -0.15) is 0 Å². The summed E-state index contributed by atoms with van der Waals surface area (Å²) in [5, 5.41) is 0. The number of nitrogens with one attached hydrogen (secondary N) is 2. The molecule has 0 saturated carbocycles. The quantitative estimate of drug-likeness (QED) is 0.827. The van der Waals surface area contributed by atoms with Crippen LogP contribution in [0.5, 0.6) is 5.75 Å². The van der Waals surface area contributed by atoms with Crippen LogP contribution in [0.15, 0.2) is 39.9 Å². The molecule has 0 bridgehead atoms. The molecule has 0 aliphatic heterocycles. The molecule has 0 aliphatic carbocycles. The first kappa shape index (κ1) is 11.2. The van der Waals surface area contributed by atoms with Crippen LogP contribution in [0.3, 0.4) is 0 Å². The molecule has 1 heterocycles. The van der Waals surface area contributed by atoms with Gasteiger partial charge in [-0.1, -0.05) is 30.3 Å². The number of rotatable bonds is 3. The molecule has 5 nitrogen and oxygen atoms in total. The van der Waals surface area contributed by atoms with Crippen molar-refractivity contribution >= 4 is 0 Å². The number of benzene rings is 1. The van der Waals surface area contributed by atoms with E-state index in [0.29, 0.717) is 5.69 Å². The molecular weight excluding hydrogens is 220 g/mol. The van der Waals surface area contributed by atoms with E-state index in [4.69, 9.17) is 4.74 Å². The first-order valence-corrected chi connectivity index (χ1v) is 5.17. The lowest BCUT2D eigenvalue weighted by atomic mass is 10.2. The second kappa shape index (κ2) is 4.69. The normalized spacial score (nSPS) is 10.2. The zero-order chi connectivity index (χ0) is 12.3. The van der Waals surface area contributed by atoms with Gasteiger partial charge in [-0.15, -0.1) is 0 Å². The van der Waals surface area contributed by atoms with Gasteiger partial charge in [0, 0.05) is 0 Å². The molecule has 88 valence electrons. The first-order chi connectivity index (χ1) is 8.16. The number of H-pyrrole nitrogens is 2. The topological polar surface area (TPSA) is 75.0 Å². The molecule has 17 heavy (non-hydrogen) atoms. The smallest absolute Gasteiger partial charge is 0.326 e. The standard InChI is InChI=1S/C12H12N2O3/c1-8-10(11(15)14-12(16)13-8)17-7-9-5-3-2-4-6-9/h2-6H,7H2,1H3,(H2,13,14,15,16). The zero-order valence-corrected chi connectivity index (χ0v) is 9.32. The third-order valence-corrected chi connectivity index (χ3v) is 2.30. The average molecular weight is 232 g/mol. The van der Waals surface area contributed by atoms with E-state index in [1.165, 1.54) is 0 Å². The lowest BCUT2D eigenvalue weighted by molar-refractivity contribution is 0.297. The number of hydrogen-bond acceptors (Lipinski definition) is 3. The fourth-order valence-corrected chi connectivity index (χ4v) is 1.49. The SMILES string of the molecule is Cc1[nH]c(=O)[nH]c(=O)c1OCc1ccccc1. The number of aromatic amines is 2. The Morgan fingerprint density at radius 3 is 2.47 bits per heavy atom. The fourth-order valence-electron chi connectivity index (χ4n) is 1.49. The van der Waals surface area contributed by atoms with Crippen molar-refractivity contribution in [3.05, 3.63) is 62.4 Å². The van der Waals surface area contributed by atoms with Crippen molar-refractivity contribution in [1.82, 2.24) is 9.97 Å². The number of aromatic nitrogens is 2. The minimum Gasteiger partial charge on any atom is -0.482 e. The summed E-state index contributed by atoms with van der Waals surface area (Å²) in [5.74, 6) is 0.147. The molecule has 2 N–H and O–H groups in total. The van der Waals surface area contributed by atoms with E-state index in [1.807, 2.05) is 30.3 Å². The van der Waals surface area contributed by atoms with Crippen molar-refractivity contribution in [1.29, 1.82) is 0 Å². The van der Waals surface area contributed by atoms with E-state index in [-0.39, 0.29) is 12.4 Å². The van der Waals surface area contributed by atoms with Crippen LogP contribution >= 0.6 is 0 Å². The number of hydrogen-bond donors (Lipinski definition) is 2. The van der Waals surface area contributed by atoms with Crippen molar-refractivity contribution < 1.29 is 4.74 Å². The van der Waals surface area contributed by atoms with E-state index >= 15 is 0 Å². The lowest BCUT2D eigenvalue weighted by Gasteiger charge is -2.07. The third kappa shape index (κ3) is 2.63. The van der Waals surface area contributed by atoms with E-state index in [2.05, 4.69) is 9.97 Å². The van der Waals surface area contributed by atoms with Gasteiger partial charge in [0.05, 0.1) is 5.69 Å². The first-order valence-electron chi connectivity index (χ1n) is 5.17. The van der Waals surface area contributed by atoms with Crippen molar-refractivity contribution in [2.75, 3.05) is 0 Å². The summed E-state index contributed by atoms with van der Waals surface area (Å²) in [6, 6.07) is 9.48. The maximum atomic E-state index is 11.5. The molecule has 0 aliphatic rings. The van der Waals surface area contributed by atoms with Gasteiger partial charge >= 0.3 is 5.69 Å². The molecule has 0 radical (unpaired) electrons. The van der Waals surface area contributed by atoms with Gasteiger partial charge in [-0.25, -0.2) is 4.79 Å². The highest BCUT2D eigenvalue weighted by Crippen LogP contribution is 2.09. The summed E-state index contributed by atoms with van der Waals surface area (Å²) in [6.45, 7) is 1.91. The van der Waals surface area contributed by atoms with Crippen LogP contribution < -0.4 is 16.0 Å². The Morgan fingerprint density at radius 2 is 1.82 bits per heavy atom. The molecular formula is C12H12N2O3. The van der Waals surface area contributed by atoms with Crippen molar-refractivity contribution in [3.8, 4) is 5.75 Å². The Balaban J connectivity index is 2.21. The molecule has 2 rings (SSSR count). The Hall–Kier alpha value is -2.30. The van der Waals surface area contributed by atoms with Crippen LogP contribution in [0, 0.1) is 6.92 Å². The zero-order valence-electron chi connectivity index (χ0n) is 9.32. The highest BCUT2D eigenvalue weighted by molar-refractivity contribution is 5.23. The van der Waals surface area contributed by atoms with Gasteiger partial charge in [0.2, 0.25) is 5.75 Å². The lowest BCUT2D eigenvalue weighted by Crippen LogP contribution is -2.25. The van der Waals surface area contributed by atoms with Crippen LogP contribution in [0.2, 0.25) is 0 Å². The summed E-state index contributed by atoms with van der Waals surface area (Å²) in [7, 11) is 0. The van der Waals surface area contributed by atoms with E-state index < -0.39 is 11.2 Å². The molecule has 5 heteroatoms. The largest absolute Gasteiger partial charge is 0.482 e. The molecule has 0 unspecified atom stereocenters. The van der Waals surface area contributed by atoms with Gasteiger partial charge in [0.15, 0.2) is 0 Å². The predicted molar refractivity (Wildman–Crippen MR) is 63.2 cm³/mol. The molecule has 0 atom stereocenters. The average Bonchev–Trinajstić information content (AvgIpc) is 2.29. The second-order valence-corrected chi connectivity index (χ2v) is 3.64. The molecule has 1 aromatic carbocycles. The summed E-state index contributed by atoms with van der Waals surface area (Å²) in [6.07, 6.45) is 0. The minimum absolute atomic E-state index is 0.147. The summed E-state index contributed by atoms with van der Waals surface area (Å²) < 4.78 is 5.39. The Labute approximate surface area is 97.1 Å². The second-order valence-electron chi connectivity index (χ2n) is 3.64. The summed E-state index contributed by atoms with van der Waals surface area (Å²) >= 11 is 0. The Bertz CT molecular complexity index is 614. The molecule has 0 fully saturated rings. The molecule has 1 aromatic heterocycles. The number of ether oxygens (including phenoxy) is 1. The van der Waals surface area contributed by atoms with Gasteiger partial charge < -0.3 is 9.72 Å². The number of aryl methyl sites for hydroxylation is 1. The maximum absolute atomic E-state index is 11.5. The summed E-state index contributed by atoms with van der Waals surface area (Å²) in [5.41, 5.74) is 0.342. The van der Waals surface area contributed by atoms with E-state index in [9.17, 15) is 9.59 Å². The van der Waals surface area contributed by atoms with E-state index in [1.54, 1.807) is 6.92 Å². The van der Waals surface area contributed by atoms with Crippen LogP contribution in [0.25, 0.3) is 0 Å². The predicted octanol–water partition coefficient (Wildman–Crippen LogP) is 0.951. The van der Waals surface area contributed by atoms with Gasteiger partial charge in [0.1, 0.15) is 6.61 Å². The van der Waals surface area contributed by atoms with Gasteiger partial charge in [-0.05, 0) is 12.5 Å². The van der Waals surface area contributed by atoms with Crippen LogP contribution in [-0.2, 0) is 6.61 Å². The summed E-state index contributed by atoms with van der Waals surface area (Å²) in [4.78, 5) is 27.1. The molecule has 0 saturated heterocycles. The van der Waals surface area contributed by atoms with Crippen molar-refractivity contribution in [2.45, 2.75) is 13.5 Å². The van der Waals surface area contributed by atoms with Crippen molar-refractivity contribution in [2.24, 2.45) is 0 Å². The van der Waals surface area contributed by atoms with Crippen LogP contribution in [0.1, 0.15) is 11.3 Å². The Morgan fingerprint density at radius 1 is 1.12 bits per heavy atom.